The molecule has 3 rings (SSSR count). The monoisotopic (exact) mass is 424 g/mol. The fourth-order valence-electron chi connectivity index (χ4n) is 2.82. The molecule has 28 heavy (non-hydrogen) atoms. The van der Waals surface area contributed by atoms with E-state index < -0.39 is 11.7 Å². The molecule has 0 atom stereocenters. The Kier molecular flexibility index (Phi) is 6.15. The summed E-state index contributed by atoms with van der Waals surface area (Å²) in [7, 11) is 0. The Labute approximate surface area is 169 Å². The molecule has 1 heterocycles. The number of benzene rings is 2. The summed E-state index contributed by atoms with van der Waals surface area (Å²) in [6.07, 6.45) is -3.79. The second kappa shape index (κ2) is 8.41. The van der Waals surface area contributed by atoms with Gasteiger partial charge in [-0.1, -0.05) is 59.8 Å². The average molecular weight is 425 g/mol. The molecule has 2 aromatic carbocycles. The van der Waals surface area contributed by atoms with Crippen LogP contribution >= 0.6 is 23.4 Å². The molecule has 0 bridgehead atoms. The second-order valence-corrected chi connectivity index (χ2v) is 7.30. The van der Waals surface area contributed by atoms with Crippen molar-refractivity contribution in [2.75, 3.05) is 17.2 Å². The zero-order valence-corrected chi connectivity index (χ0v) is 16.4. The maximum absolute atomic E-state index is 12.8. The Bertz CT molecular complexity index is 1000. The summed E-state index contributed by atoms with van der Waals surface area (Å²) in [5, 5.41) is 2.04. The highest BCUT2D eigenvalue weighted by Crippen LogP contribution is 2.34. The highest BCUT2D eigenvalue weighted by molar-refractivity contribution is 8.00. The van der Waals surface area contributed by atoms with Gasteiger partial charge in [0.05, 0.1) is 22.0 Å². The van der Waals surface area contributed by atoms with Crippen molar-refractivity contribution in [1.82, 2.24) is 4.98 Å². The Morgan fingerprint density at radius 2 is 1.89 bits per heavy atom. The lowest BCUT2D eigenvalue weighted by Gasteiger charge is -2.22. The van der Waals surface area contributed by atoms with E-state index in [2.05, 4.69) is 4.98 Å². The summed E-state index contributed by atoms with van der Waals surface area (Å²) in [6, 6.07) is 14.3. The van der Waals surface area contributed by atoms with Crippen LogP contribution in [0.5, 0.6) is 0 Å². The van der Waals surface area contributed by atoms with Gasteiger partial charge in [0.1, 0.15) is 5.03 Å². The van der Waals surface area contributed by atoms with E-state index in [1.807, 2.05) is 49.4 Å². The highest BCUT2D eigenvalue weighted by atomic mass is 35.5. The van der Waals surface area contributed by atoms with Crippen LogP contribution in [0.15, 0.2) is 59.8 Å². The molecular formula is C20H16ClF3N2OS. The predicted octanol–water partition coefficient (Wildman–Crippen LogP) is 6.05. The number of carbonyl (C=O) groups is 1. The highest BCUT2D eigenvalue weighted by Gasteiger charge is 2.31. The molecule has 146 valence electrons. The van der Waals surface area contributed by atoms with Gasteiger partial charge in [0.15, 0.2) is 0 Å². The van der Waals surface area contributed by atoms with E-state index >= 15 is 0 Å². The first kappa shape index (κ1) is 20.5. The molecule has 0 aliphatic rings. The number of carbonyl (C=O) groups excluding carboxylic acids is 1. The minimum Gasteiger partial charge on any atom is -0.311 e. The standard InChI is InChI=1S/C20H16ClF3N2OS/c1-2-26(17-9-5-7-13-6-3-4-8-15(13)17)18(27)12-28-19-16(21)10-14(11-25-19)20(22,23)24/h3-11H,2,12H2,1H3. The second-order valence-electron chi connectivity index (χ2n) is 5.93. The Balaban J connectivity index is 1.78. The van der Waals surface area contributed by atoms with Crippen LogP contribution in [0, 0.1) is 0 Å². The third kappa shape index (κ3) is 4.42. The molecule has 0 spiro atoms. The van der Waals surface area contributed by atoms with Gasteiger partial charge in [0, 0.05) is 18.1 Å². The smallest absolute Gasteiger partial charge is 0.311 e. The van der Waals surface area contributed by atoms with E-state index in [4.69, 9.17) is 11.6 Å². The van der Waals surface area contributed by atoms with Crippen molar-refractivity contribution in [3.8, 4) is 0 Å². The van der Waals surface area contributed by atoms with Crippen LogP contribution in [0.2, 0.25) is 5.02 Å². The largest absolute Gasteiger partial charge is 0.417 e. The maximum Gasteiger partial charge on any atom is 0.417 e. The quantitative estimate of drug-likeness (QED) is 0.467. The van der Waals surface area contributed by atoms with Gasteiger partial charge in [0.25, 0.3) is 0 Å². The van der Waals surface area contributed by atoms with E-state index in [1.165, 1.54) is 0 Å². The third-order valence-corrected chi connectivity index (χ3v) is 5.53. The molecule has 8 heteroatoms. The normalized spacial score (nSPS) is 11.6. The van der Waals surface area contributed by atoms with Crippen molar-refractivity contribution >= 4 is 45.7 Å². The summed E-state index contributed by atoms with van der Waals surface area (Å²) < 4.78 is 38.1. The van der Waals surface area contributed by atoms with Gasteiger partial charge in [-0.2, -0.15) is 13.2 Å². The van der Waals surface area contributed by atoms with Crippen LogP contribution in [0.4, 0.5) is 18.9 Å². The van der Waals surface area contributed by atoms with Crippen LogP contribution in [0.3, 0.4) is 0 Å². The molecule has 3 aromatic rings. The van der Waals surface area contributed by atoms with Gasteiger partial charge < -0.3 is 4.90 Å². The van der Waals surface area contributed by atoms with Gasteiger partial charge in [-0.05, 0) is 24.4 Å². The van der Waals surface area contributed by atoms with Crippen LogP contribution < -0.4 is 4.90 Å². The minimum absolute atomic E-state index is 0.00907. The predicted molar refractivity (Wildman–Crippen MR) is 107 cm³/mol. The van der Waals surface area contributed by atoms with Crippen LogP contribution in [0.25, 0.3) is 10.8 Å². The molecule has 1 aromatic heterocycles. The summed E-state index contributed by atoms with van der Waals surface area (Å²) >= 11 is 6.94. The van der Waals surface area contributed by atoms with Crippen LogP contribution in [-0.4, -0.2) is 23.2 Å². The number of thioether (sulfide) groups is 1. The third-order valence-electron chi connectivity index (χ3n) is 4.14. The number of halogens is 4. The number of pyridine rings is 1. The van der Waals surface area contributed by atoms with E-state index in [0.29, 0.717) is 6.54 Å². The fraction of sp³-hybridized carbons (Fsp3) is 0.200. The zero-order chi connectivity index (χ0) is 20.3. The van der Waals surface area contributed by atoms with Crippen LogP contribution in [-0.2, 0) is 11.0 Å². The fourth-order valence-corrected chi connectivity index (χ4v) is 3.89. The molecule has 0 N–H and O–H groups in total. The van der Waals surface area contributed by atoms with Crippen molar-refractivity contribution in [3.05, 3.63) is 65.3 Å². The Hall–Kier alpha value is -2.25. The first-order valence-corrected chi connectivity index (χ1v) is 9.81. The van der Waals surface area contributed by atoms with Crippen LogP contribution in [0.1, 0.15) is 12.5 Å². The number of hydrogen-bond acceptors (Lipinski definition) is 3. The van der Waals surface area contributed by atoms with Gasteiger partial charge in [-0.25, -0.2) is 4.98 Å². The van der Waals surface area contributed by atoms with Gasteiger partial charge in [0.2, 0.25) is 5.91 Å². The number of nitrogens with zero attached hydrogens (tertiary/aromatic N) is 2. The molecule has 0 fully saturated rings. The molecule has 3 nitrogen and oxygen atoms in total. The average Bonchev–Trinajstić information content (AvgIpc) is 2.67. The number of hydrogen-bond donors (Lipinski definition) is 0. The summed E-state index contributed by atoms with van der Waals surface area (Å²) in [5.74, 6) is -0.170. The molecule has 0 unspecified atom stereocenters. The lowest BCUT2D eigenvalue weighted by molar-refractivity contribution is -0.137. The van der Waals surface area contributed by atoms with Gasteiger partial charge in [-0.3, -0.25) is 4.79 Å². The Morgan fingerprint density at radius 3 is 2.57 bits per heavy atom. The molecule has 0 saturated carbocycles. The molecule has 1 amide bonds. The number of amides is 1. The first-order valence-electron chi connectivity index (χ1n) is 8.45. The number of anilines is 1. The molecular weight excluding hydrogens is 409 g/mol. The Morgan fingerprint density at radius 1 is 1.18 bits per heavy atom. The molecule has 0 aliphatic heterocycles. The summed E-state index contributed by atoms with van der Waals surface area (Å²) in [6.45, 7) is 2.33. The topological polar surface area (TPSA) is 33.2 Å². The lowest BCUT2D eigenvalue weighted by Crippen LogP contribution is -2.32. The molecule has 0 aliphatic carbocycles. The minimum atomic E-state index is -4.51. The van der Waals surface area contributed by atoms with E-state index in [1.54, 1.807) is 4.90 Å². The van der Waals surface area contributed by atoms with E-state index in [9.17, 15) is 18.0 Å². The van der Waals surface area contributed by atoms with E-state index in [0.717, 1.165) is 40.5 Å². The van der Waals surface area contributed by atoms with Crippen molar-refractivity contribution in [1.29, 1.82) is 0 Å². The number of fused-ring (bicyclic) bond motifs is 1. The van der Waals surface area contributed by atoms with Gasteiger partial charge in [-0.15, -0.1) is 0 Å². The summed E-state index contributed by atoms with van der Waals surface area (Å²) in [4.78, 5) is 18.2. The lowest BCUT2D eigenvalue weighted by atomic mass is 10.1. The zero-order valence-electron chi connectivity index (χ0n) is 14.8. The maximum atomic E-state index is 12.8. The number of alkyl halides is 3. The van der Waals surface area contributed by atoms with Crippen molar-refractivity contribution in [2.45, 2.75) is 18.1 Å². The first-order chi connectivity index (χ1) is 13.3. The van der Waals surface area contributed by atoms with E-state index in [-0.39, 0.29) is 21.7 Å². The van der Waals surface area contributed by atoms with Crippen molar-refractivity contribution in [2.24, 2.45) is 0 Å². The summed E-state index contributed by atoms with van der Waals surface area (Å²) in [5.41, 5.74) is -0.128. The van der Waals surface area contributed by atoms with Crippen molar-refractivity contribution < 1.29 is 18.0 Å². The van der Waals surface area contributed by atoms with Gasteiger partial charge >= 0.3 is 6.18 Å². The van der Waals surface area contributed by atoms with Crippen molar-refractivity contribution in [3.63, 3.8) is 0 Å². The SMILES string of the molecule is CCN(C(=O)CSc1ncc(C(F)(F)F)cc1Cl)c1cccc2ccccc12. The number of aromatic nitrogens is 1. The molecule has 0 saturated heterocycles. The number of rotatable bonds is 5. The molecule has 0 radical (unpaired) electrons.